The molecule has 11 heteroatoms. The third-order valence-electron chi connectivity index (χ3n) is 4.43. The van der Waals surface area contributed by atoms with Crippen molar-refractivity contribution in [3.05, 3.63) is 29.8 Å². The molecule has 0 fully saturated rings. The van der Waals surface area contributed by atoms with Crippen LogP contribution in [0.15, 0.2) is 49.1 Å². The molecule has 0 aliphatic carbocycles. The molecule has 2 aliphatic heterocycles. The molecular formula is C18H22N6O4S. The summed E-state index contributed by atoms with van der Waals surface area (Å²) in [5, 5.41) is 12.3. The van der Waals surface area contributed by atoms with Gasteiger partial charge in [-0.2, -0.15) is 0 Å². The van der Waals surface area contributed by atoms with Crippen molar-refractivity contribution in [3.63, 3.8) is 0 Å². The number of nitrogens with zero attached hydrogens (tertiary/aromatic N) is 4. The summed E-state index contributed by atoms with van der Waals surface area (Å²) in [5.41, 5.74) is 0.977. The molecule has 154 valence electrons. The second kappa shape index (κ2) is 9.05. The van der Waals surface area contributed by atoms with Crippen molar-refractivity contribution in [2.24, 2.45) is 20.0 Å². The number of carboxylic acid groups (broad SMARTS) is 1. The van der Waals surface area contributed by atoms with Gasteiger partial charge in [0.2, 0.25) is 10.0 Å². The van der Waals surface area contributed by atoms with E-state index in [2.05, 4.69) is 30.0 Å². The van der Waals surface area contributed by atoms with Gasteiger partial charge < -0.3 is 10.4 Å². The van der Waals surface area contributed by atoms with E-state index in [0.717, 1.165) is 5.56 Å². The number of hydrogen-bond donors (Lipinski definition) is 3. The Morgan fingerprint density at radius 3 is 2.79 bits per heavy atom. The third kappa shape index (κ3) is 5.33. The van der Waals surface area contributed by atoms with Gasteiger partial charge >= 0.3 is 5.97 Å². The Balaban J connectivity index is 1.51. The Bertz CT molecular complexity index is 982. The van der Waals surface area contributed by atoms with Crippen LogP contribution in [-0.4, -0.2) is 62.5 Å². The van der Waals surface area contributed by atoms with Crippen LogP contribution in [0.3, 0.4) is 0 Å². The van der Waals surface area contributed by atoms with Crippen molar-refractivity contribution in [1.29, 1.82) is 0 Å². The fraction of sp³-hybridized carbons (Fsp3) is 0.389. The zero-order valence-electron chi connectivity index (χ0n) is 15.8. The summed E-state index contributed by atoms with van der Waals surface area (Å²) in [7, 11) is -3.58. The Morgan fingerprint density at radius 1 is 1.31 bits per heavy atom. The van der Waals surface area contributed by atoms with E-state index in [-0.39, 0.29) is 17.9 Å². The maximum atomic E-state index is 12.2. The second-order valence-corrected chi connectivity index (χ2v) is 8.40. The van der Waals surface area contributed by atoms with Gasteiger partial charge in [0.15, 0.2) is 11.9 Å². The Hall–Kier alpha value is -2.92. The molecule has 2 heterocycles. The van der Waals surface area contributed by atoms with E-state index in [1.54, 1.807) is 24.3 Å². The fourth-order valence-electron chi connectivity index (χ4n) is 2.82. The van der Waals surface area contributed by atoms with Gasteiger partial charge in [0.25, 0.3) is 0 Å². The number of carbonyl (C=O) groups is 1. The molecule has 0 saturated carbocycles. The van der Waals surface area contributed by atoms with Crippen molar-refractivity contribution in [1.82, 2.24) is 10.0 Å². The molecule has 0 saturated heterocycles. The molecule has 3 rings (SSSR count). The molecule has 1 aromatic carbocycles. The van der Waals surface area contributed by atoms with Crippen LogP contribution < -0.4 is 10.0 Å². The number of fused-ring (bicyclic) bond motifs is 1. The zero-order chi connectivity index (χ0) is 20.9. The Labute approximate surface area is 168 Å². The molecule has 3 N–H and O–H groups in total. The van der Waals surface area contributed by atoms with Gasteiger partial charge in [-0.1, -0.05) is 17.7 Å². The third-order valence-corrected chi connectivity index (χ3v) is 5.90. The number of unbranched alkanes of at least 4 members (excludes halogenated alkanes) is 1. The van der Waals surface area contributed by atoms with Crippen LogP contribution in [-0.2, 0) is 14.8 Å². The summed E-state index contributed by atoms with van der Waals surface area (Å²) < 4.78 is 27.0. The summed E-state index contributed by atoms with van der Waals surface area (Å²) in [6.07, 6.45) is 4.02. The minimum atomic E-state index is -3.58. The lowest BCUT2D eigenvalue weighted by atomic mass is 10.1. The van der Waals surface area contributed by atoms with Gasteiger partial charge in [0.1, 0.15) is 18.2 Å². The number of benzene rings is 1. The quantitative estimate of drug-likeness (QED) is 0.506. The predicted octanol–water partition coefficient (Wildman–Crippen LogP) is 0.736. The van der Waals surface area contributed by atoms with Gasteiger partial charge in [-0.05, 0) is 38.3 Å². The fourth-order valence-corrected chi connectivity index (χ4v) is 3.89. The molecule has 2 aliphatic rings. The number of amidine groups is 2. The van der Waals surface area contributed by atoms with Crippen LogP contribution in [0.1, 0.15) is 24.8 Å². The van der Waals surface area contributed by atoms with Crippen LogP contribution in [0.2, 0.25) is 0 Å². The van der Waals surface area contributed by atoms with Gasteiger partial charge in [0, 0.05) is 6.54 Å². The van der Waals surface area contributed by atoms with Gasteiger partial charge in [-0.15, -0.1) is 0 Å². The van der Waals surface area contributed by atoms with Gasteiger partial charge in [-0.25, -0.2) is 27.9 Å². The monoisotopic (exact) mass is 418 g/mol. The molecule has 10 nitrogen and oxygen atoms in total. The first-order chi connectivity index (χ1) is 13.9. The normalized spacial score (nSPS) is 20.2. The molecule has 0 amide bonds. The average molecular weight is 418 g/mol. The summed E-state index contributed by atoms with van der Waals surface area (Å²) >= 11 is 0. The summed E-state index contributed by atoms with van der Waals surface area (Å²) in [6, 6.07) is 5.10. The van der Waals surface area contributed by atoms with E-state index >= 15 is 0 Å². The van der Waals surface area contributed by atoms with Crippen molar-refractivity contribution in [2.75, 3.05) is 6.54 Å². The van der Waals surface area contributed by atoms with E-state index in [1.165, 1.54) is 12.7 Å². The van der Waals surface area contributed by atoms with E-state index in [0.29, 0.717) is 24.5 Å². The molecule has 2 unspecified atom stereocenters. The van der Waals surface area contributed by atoms with Crippen molar-refractivity contribution < 1.29 is 18.3 Å². The first kappa shape index (κ1) is 20.8. The SMILES string of the molecule is Cc1ccc(S(=O)(=O)NCCCCC(N=C2N=CNC3=NC=NC23)C(=O)O)cc1. The van der Waals surface area contributed by atoms with Crippen LogP contribution in [0.25, 0.3) is 0 Å². The number of rotatable bonds is 9. The number of aliphatic carboxylic acids is 1. The van der Waals surface area contributed by atoms with Gasteiger partial charge in [-0.3, -0.25) is 9.98 Å². The first-order valence-electron chi connectivity index (χ1n) is 9.12. The molecule has 0 radical (unpaired) electrons. The van der Waals surface area contributed by atoms with Crippen LogP contribution >= 0.6 is 0 Å². The van der Waals surface area contributed by atoms with E-state index in [1.807, 2.05) is 6.92 Å². The molecule has 0 bridgehead atoms. The molecular weight excluding hydrogens is 396 g/mol. The number of nitrogens with one attached hydrogen (secondary N) is 2. The largest absolute Gasteiger partial charge is 0.480 e. The first-order valence-corrected chi connectivity index (χ1v) is 10.6. The lowest BCUT2D eigenvalue weighted by Crippen LogP contribution is -2.41. The van der Waals surface area contributed by atoms with Crippen LogP contribution in [0, 0.1) is 6.92 Å². The smallest absolute Gasteiger partial charge is 0.328 e. The van der Waals surface area contributed by atoms with E-state index in [9.17, 15) is 18.3 Å². The highest BCUT2D eigenvalue weighted by Crippen LogP contribution is 2.13. The molecule has 1 aromatic rings. The van der Waals surface area contributed by atoms with Crippen molar-refractivity contribution in [3.8, 4) is 0 Å². The second-order valence-electron chi connectivity index (χ2n) is 6.63. The van der Waals surface area contributed by atoms with Crippen molar-refractivity contribution >= 4 is 40.3 Å². The number of sulfonamides is 1. The maximum absolute atomic E-state index is 12.2. The van der Waals surface area contributed by atoms with Crippen molar-refractivity contribution in [2.45, 2.75) is 43.2 Å². The predicted molar refractivity (Wildman–Crippen MR) is 110 cm³/mol. The Morgan fingerprint density at radius 2 is 2.07 bits per heavy atom. The lowest BCUT2D eigenvalue weighted by molar-refractivity contribution is -0.138. The van der Waals surface area contributed by atoms with Gasteiger partial charge in [0.05, 0.1) is 11.2 Å². The highest BCUT2D eigenvalue weighted by molar-refractivity contribution is 7.89. The molecule has 2 atom stereocenters. The number of hydrogen-bond acceptors (Lipinski definition) is 7. The standard InChI is InChI=1S/C18H22N6O4S/c1-12-5-7-13(8-6-12)29(27,28)23-9-3-2-4-14(18(25)26)24-17-15-16(20-10-19-15)21-11-22-17/h5-8,10-11,14-15,23H,2-4,9H2,1H3,(H,25,26)(H,19,20,21,22,24). The molecule has 29 heavy (non-hydrogen) atoms. The minimum Gasteiger partial charge on any atom is -0.480 e. The maximum Gasteiger partial charge on any atom is 0.328 e. The summed E-state index contributed by atoms with van der Waals surface area (Å²) in [4.78, 5) is 28.2. The van der Waals surface area contributed by atoms with E-state index < -0.39 is 28.1 Å². The minimum absolute atomic E-state index is 0.205. The number of aliphatic imine (C=N–C) groups is 4. The lowest BCUT2D eigenvalue weighted by Gasteiger charge is -2.17. The Kier molecular flexibility index (Phi) is 6.49. The number of carboxylic acids is 1. The molecule has 0 aromatic heterocycles. The zero-order valence-corrected chi connectivity index (χ0v) is 16.6. The number of aryl methyl sites for hydroxylation is 1. The highest BCUT2D eigenvalue weighted by Gasteiger charge is 2.28. The summed E-state index contributed by atoms with van der Waals surface area (Å²) in [6.45, 7) is 2.10. The van der Waals surface area contributed by atoms with Crippen LogP contribution in [0.5, 0.6) is 0 Å². The topological polar surface area (TPSA) is 145 Å². The average Bonchev–Trinajstić information content (AvgIpc) is 3.16. The van der Waals surface area contributed by atoms with Crippen LogP contribution in [0.4, 0.5) is 0 Å². The summed E-state index contributed by atoms with van der Waals surface area (Å²) in [5.74, 6) is -0.205. The van der Waals surface area contributed by atoms with E-state index in [4.69, 9.17) is 0 Å². The molecule has 0 spiro atoms. The highest BCUT2D eigenvalue weighted by atomic mass is 32.2.